The number of methoxy groups -OCH3 is 1. The molecular formula is C23H31N3O4S. The number of amides is 1. The molecule has 0 atom stereocenters. The first-order valence-corrected chi connectivity index (χ1v) is 11.9. The zero-order valence-corrected chi connectivity index (χ0v) is 19.5. The zero-order chi connectivity index (χ0) is 22.5. The highest BCUT2D eigenvalue weighted by Gasteiger charge is 2.26. The van der Waals surface area contributed by atoms with Crippen LogP contribution in [0.5, 0.6) is 0 Å². The highest BCUT2D eigenvalue weighted by molar-refractivity contribution is 7.99. The molecule has 0 unspecified atom stereocenters. The van der Waals surface area contributed by atoms with Crippen molar-refractivity contribution in [3.8, 4) is 0 Å². The van der Waals surface area contributed by atoms with E-state index in [-0.39, 0.29) is 23.1 Å². The van der Waals surface area contributed by atoms with Crippen molar-refractivity contribution >= 4 is 34.5 Å². The van der Waals surface area contributed by atoms with E-state index in [4.69, 9.17) is 4.74 Å². The molecule has 3 rings (SSSR count). The van der Waals surface area contributed by atoms with Crippen LogP contribution in [0.2, 0.25) is 0 Å². The molecule has 0 saturated heterocycles. The van der Waals surface area contributed by atoms with E-state index in [9.17, 15) is 14.4 Å². The minimum atomic E-state index is -0.477. The Morgan fingerprint density at radius 3 is 2.68 bits per heavy atom. The normalized spacial score (nSPS) is 13.6. The Labute approximate surface area is 187 Å². The fraction of sp³-hybridized carbons (Fsp3) is 0.565. The van der Waals surface area contributed by atoms with Gasteiger partial charge in [0.05, 0.1) is 29.3 Å². The Morgan fingerprint density at radius 2 is 2.06 bits per heavy atom. The Hall–Kier alpha value is -2.35. The predicted octanol–water partition coefficient (Wildman–Crippen LogP) is 3.58. The molecule has 8 heteroatoms. The topological polar surface area (TPSA) is 81.5 Å². The molecule has 1 aliphatic rings. The van der Waals surface area contributed by atoms with Crippen molar-refractivity contribution in [2.24, 2.45) is 11.8 Å². The first-order chi connectivity index (χ1) is 14.8. The molecule has 1 aliphatic carbocycles. The van der Waals surface area contributed by atoms with Gasteiger partial charge < -0.3 is 9.64 Å². The number of carbonyl (C=O) groups is 2. The summed E-state index contributed by atoms with van der Waals surface area (Å²) in [7, 11) is 1.32. The molecule has 168 valence electrons. The van der Waals surface area contributed by atoms with Gasteiger partial charge in [0, 0.05) is 19.6 Å². The van der Waals surface area contributed by atoms with E-state index in [1.807, 2.05) is 18.7 Å². The number of carbonyl (C=O) groups excluding carboxylic acids is 2. The van der Waals surface area contributed by atoms with Crippen LogP contribution in [0.25, 0.3) is 10.9 Å². The Morgan fingerprint density at radius 1 is 1.32 bits per heavy atom. The number of fused-ring (bicyclic) bond motifs is 1. The van der Waals surface area contributed by atoms with E-state index >= 15 is 0 Å². The van der Waals surface area contributed by atoms with E-state index in [2.05, 4.69) is 11.9 Å². The van der Waals surface area contributed by atoms with Crippen LogP contribution in [0.1, 0.15) is 50.4 Å². The van der Waals surface area contributed by atoms with Crippen LogP contribution in [0.4, 0.5) is 0 Å². The van der Waals surface area contributed by atoms with Crippen molar-refractivity contribution in [2.45, 2.75) is 51.7 Å². The molecule has 0 bridgehead atoms. The maximum atomic E-state index is 13.2. The lowest BCUT2D eigenvalue weighted by Crippen LogP contribution is -2.35. The first-order valence-electron chi connectivity index (χ1n) is 10.9. The van der Waals surface area contributed by atoms with Gasteiger partial charge in [0.2, 0.25) is 5.91 Å². The highest BCUT2D eigenvalue weighted by Crippen LogP contribution is 2.30. The summed E-state index contributed by atoms with van der Waals surface area (Å²) in [5, 5.41) is 0.953. The molecule has 1 fully saturated rings. The molecule has 0 aliphatic heterocycles. The van der Waals surface area contributed by atoms with Gasteiger partial charge in [-0.2, -0.15) is 0 Å². The van der Waals surface area contributed by atoms with Crippen LogP contribution in [0.3, 0.4) is 0 Å². The number of benzene rings is 1. The van der Waals surface area contributed by atoms with E-state index in [0.717, 1.165) is 19.5 Å². The second-order valence-electron chi connectivity index (χ2n) is 8.50. The number of rotatable bonds is 10. The lowest BCUT2D eigenvalue weighted by atomic mass is 10.1. The van der Waals surface area contributed by atoms with Crippen molar-refractivity contribution in [1.29, 1.82) is 0 Å². The second-order valence-corrected chi connectivity index (χ2v) is 9.44. The van der Waals surface area contributed by atoms with Crippen LogP contribution < -0.4 is 5.56 Å². The smallest absolute Gasteiger partial charge is 0.337 e. The van der Waals surface area contributed by atoms with E-state index in [1.165, 1.54) is 31.7 Å². The van der Waals surface area contributed by atoms with Gasteiger partial charge in [-0.1, -0.05) is 32.5 Å². The van der Waals surface area contributed by atoms with Gasteiger partial charge in [0.25, 0.3) is 5.56 Å². The second kappa shape index (κ2) is 10.3. The van der Waals surface area contributed by atoms with Gasteiger partial charge in [-0.05, 0) is 49.3 Å². The summed E-state index contributed by atoms with van der Waals surface area (Å²) in [5.74, 6) is 0.713. The number of hydrogen-bond donors (Lipinski definition) is 0. The number of esters is 1. The standard InChI is InChI=1S/C23H31N3O4S/c1-5-10-25(13-16-6-7-16)20(27)14-31-23-24-19-11-17(22(29)30-4)8-9-18(19)21(28)26(23)12-15(2)3/h8-9,11,15-16H,5-7,10,12-14H2,1-4H3. The molecular weight excluding hydrogens is 414 g/mol. The Balaban J connectivity index is 1.91. The van der Waals surface area contributed by atoms with Gasteiger partial charge in [-0.3, -0.25) is 14.2 Å². The minimum Gasteiger partial charge on any atom is -0.465 e. The average molecular weight is 446 g/mol. The third-order valence-electron chi connectivity index (χ3n) is 5.24. The van der Waals surface area contributed by atoms with Crippen molar-refractivity contribution in [3.63, 3.8) is 0 Å². The minimum absolute atomic E-state index is 0.0764. The van der Waals surface area contributed by atoms with Crippen LogP contribution in [0, 0.1) is 11.8 Å². The maximum absolute atomic E-state index is 13.2. The number of nitrogens with zero attached hydrogens (tertiary/aromatic N) is 3. The molecule has 1 aromatic carbocycles. The fourth-order valence-electron chi connectivity index (χ4n) is 3.50. The third kappa shape index (κ3) is 5.87. The van der Waals surface area contributed by atoms with Crippen molar-refractivity contribution in [3.05, 3.63) is 34.1 Å². The van der Waals surface area contributed by atoms with Gasteiger partial charge in [0.1, 0.15) is 0 Å². The molecule has 1 saturated carbocycles. The molecule has 1 heterocycles. The number of aromatic nitrogens is 2. The van der Waals surface area contributed by atoms with E-state index < -0.39 is 5.97 Å². The number of ether oxygens (including phenoxy) is 1. The van der Waals surface area contributed by atoms with Crippen molar-refractivity contribution in [2.75, 3.05) is 26.0 Å². The summed E-state index contributed by atoms with van der Waals surface area (Å²) in [5.41, 5.74) is 0.619. The van der Waals surface area contributed by atoms with Crippen LogP contribution >= 0.6 is 11.8 Å². The summed E-state index contributed by atoms with van der Waals surface area (Å²) in [6, 6.07) is 4.77. The Bertz CT molecular complexity index is 1010. The molecule has 0 radical (unpaired) electrons. The predicted molar refractivity (Wildman–Crippen MR) is 122 cm³/mol. The average Bonchev–Trinajstić information content (AvgIpc) is 3.57. The largest absolute Gasteiger partial charge is 0.465 e. The fourth-order valence-corrected chi connectivity index (χ4v) is 4.41. The van der Waals surface area contributed by atoms with Gasteiger partial charge in [-0.25, -0.2) is 9.78 Å². The molecule has 7 nitrogen and oxygen atoms in total. The van der Waals surface area contributed by atoms with Crippen LogP contribution in [-0.2, 0) is 16.1 Å². The summed E-state index contributed by atoms with van der Waals surface area (Å²) in [4.78, 5) is 44.5. The number of thioether (sulfide) groups is 1. The monoisotopic (exact) mass is 445 g/mol. The van der Waals surface area contributed by atoms with Gasteiger partial charge in [-0.15, -0.1) is 0 Å². The van der Waals surface area contributed by atoms with Crippen molar-refractivity contribution in [1.82, 2.24) is 14.5 Å². The van der Waals surface area contributed by atoms with Gasteiger partial charge >= 0.3 is 5.97 Å². The Kier molecular flexibility index (Phi) is 7.75. The molecule has 1 amide bonds. The number of hydrogen-bond acceptors (Lipinski definition) is 6. The lowest BCUT2D eigenvalue weighted by Gasteiger charge is -2.22. The lowest BCUT2D eigenvalue weighted by molar-refractivity contribution is -0.128. The molecule has 0 N–H and O–H groups in total. The molecule has 2 aromatic rings. The summed E-state index contributed by atoms with van der Waals surface area (Å²) >= 11 is 1.29. The molecule has 1 aromatic heterocycles. The van der Waals surface area contributed by atoms with E-state index in [1.54, 1.807) is 22.8 Å². The zero-order valence-electron chi connectivity index (χ0n) is 18.7. The molecule has 31 heavy (non-hydrogen) atoms. The first kappa shape index (κ1) is 23.3. The highest BCUT2D eigenvalue weighted by atomic mass is 32.2. The molecule has 0 spiro atoms. The van der Waals surface area contributed by atoms with Gasteiger partial charge in [0.15, 0.2) is 5.16 Å². The van der Waals surface area contributed by atoms with Crippen LogP contribution in [-0.4, -0.2) is 52.3 Å². The summed E-state index contributed by atoms with van der Waals surface area (Å²) in [6.45, 7) is 8.23. The maximum Gasteiger partial charge on any atom is 0.337 e. The summed E-state index contributed by atoms with van der Waals surface area (Å²) < 4.78 is 6.43. The SMILES string of the molecule is CCCN(CC1CC1)C(=O)CSc1nc2cc(C(=O)OC)ccc2c(=O)n1CC(C)C. The quantitative estimate of drug-likeness (QED) is 0.316. The van der Waals surface area contributed by atoms with E-state index in [0.29, 0.717) is 34.1 Å². The third-order valence-corrected chi connectivity index (χ3v) is 6.20. The van der Waals surface area contributed by atoms with Crippen molar-refractivity contribution < 1.29 is 14.3 Å². The summed E-state index contributed by atoms with van der Waals surface area (Å²) in [6.07, 6.45) is 3.32. The van der Waals surface area contributed by atoms with Crippen LogP contribution in [0.15, 0.2) is 28.2 Å².